The molecule has 1 aromatic rings. The predicted molar refractivity (Wildman–Crippen MR) is 67.3 cm³/mol. The normalized spacial score (nSPS) is 23.8. The van der Waals surface area contributed by atoms with Gasteiger partial charge in [-0.1, -0.05) is 6.42 Å². The van der Waals surface area contributed by atoms with Crippen LogP contribution in [0.3, 0.4) is 0 Å². The standard InChI is InChI=1S/C13H19N3/c1-7-8(2)15-13-11(7)12(14)9-5-3-4-6-10(9)16-13/h10,15-16H,3-6,14H2,1-2H3. The SMILES string of the molecule is Cc1[nH]c2c(c1C)C(N)=C1CCCCC1N2. The molecular formula is C13H19N3. The van der Waals surface area contributed by atoms with Gasteiger partial charge in [-0.3, -0.25) is 0 Å². The molecule has 0 saturated heterocycles. The summed E-state index contributed by atoms with van der Waals surface area (Å²) in [6.45, 7) is 4.25. The molecule has 1 aromatic heterocycles. The molecule has 0 radical (unpaired) electrons. The van der Waals surface area contributed by atoms with Crippen LogP contribution in [0.2, 0.25) is 0 Å². The first-order valence-corrected chi connectivity index (χ1v) is 6.13. The summed E-state index contributed by atoms with van der Waals surface area (Å²) < 4.78 is 0. The Hall–Kier alpha value is -1.38. The molecule has 2 heterocycles. The highest BCUT2D eigenvalue weighted by Crippen LogP contribution is 2.39. The Kier molecular flexibility index (Phi) is 2.03. The summed E-state index contributed by atoms with van der Waals surface area (Å²) in [5.41, 5.74) is 12.5. The van der Waals surface area contributed by atoms with E-state index in [9.17, 15) is 0 Å². The minimum absolute atomic E-state index is 0.471. The largest absolute Gasteiger partial charge is 0.398 e. The second-order valence-electron chi connectivity index (χ2n) is 5.01. The van der Waals surface area contributed by atoms with Crippen LogP contribution in [0.4, 0.5) is 5.82 Å². The van der Waals surface area contributed by atoms with Gasteiger partial charge in [-0.15, -0.1) is 0 Å². The van der Waals surface area contributed by atoms with E-state index in [1.807, 2.05) is 0 Å². The number of fused-ring (bicyclic) bond motifs is 2. The van der Waals surface area contributed by atoms with Crippen LogP contribution in [0.5, 0.6) is 0 Å². The van der Waals surface area contributed by atoms with Crippen LogP contribution < -0.4 is 11.1 Å². The lowest BCUT2D eigenvalue weighted by atomic mass is 9.84. The minimum Gasteiger partial charge on any atom is -0.398 e. The molecule has 0 spiro atoms. The molecule has 2 aliphatic rings. The van der Waals surface area contributed by atoms with Gasteiger partial charge in [0.25, 0.3) is 0 Å². The number of aromatic nitrogens is 1. The number of aromatic amines is 1. The second-order valence-corrected chi connectivity index (χ2v) is 5.01. The Bertz CT molecular complexity index is 468. The highest BCUT2D eigenvalue weighted by Gasteiger charge is 2.29. The fourth-order valence-corrected chi connectivity index (χ4v) is 2.99. The molecule has 3 nitrogen and oxygen atoms in total. The van der Waals surface area contributed by atoms with E-state index in [2.05, 4.69) is 24.1 Å². The van der Waals surface area contributed by atoms with Gasteiger partial charge in [-0.05, 0) is 44.2 Å². The smallest absolute Gasteiger partial charge is 0.113 e. The van der Waals surface area contributed by atoms with Crippen molar-refractivity contribution in [2.75, 3.05) is 5.32 Å². The zero-order chi connectivity index (χ0) is 11.3. The zero-order valence-electron chi connectivity index (χ0n) is 9.98. The highest BCUT2D eigenvalue weighted by atomic mass is 15.1. The van der Waals surface area contributed by atoms with Crippen molar-refractivity contribution in [1.82, 2.24) is 4.98 Å². The van der Waals surface area contributed by atoms with E-state index >= 15 is 0 Å². The molecule has 3 rings (SSSR count). The molecule has 1 saturated carbocycles. The van der Waals surface area contributed by atoms with Crippen molar-refractivity contribution in [3.63, 3.8) is 0 Å². The molecular weight excluding hydrogens is 198 g/mol. The zero-order valence-corrected chi connectivity index (χ0v) is 9.98. The first-order valence-electron chi connectivity index (χ1n) is 6.13. The summed E-state index contributed by atoms with van der Waals surface area (Å²) in [7, 11) is 0. The third-order valence-electron chi connectivity index (χ3n) is 4.04. The lowest BCUT2D eigenvalue weighted by molar-refractivity contribution is 0.554. The number of H-pyrrole nitrogens is 1. The third-order valence-corrected chi connectivity index (χ3v) is 4.04. The number of anilines is 1. The molecule has 3 heteroatoms. The van der Waals surface area contributed by atoms with E-state index in [-0.39, 0.29) is 0 Å². The lowest BCUT2D eigenvalue weighted by Crippen LogP contribution is -2.31. The fourth-order valence-electron chi connectivity index (χ4n) is 2.99. The number of nitrogens with two attached hydrogens (primary N) is 1. The summed E-state index contributed by atoms with van der Waals surface area (Å²) >= 11 is 0. The fraction of sp³-hybridized carbons (Fsp3) is 0.538. The van der Waals surface area contributed by atoms with Crippen molar-refractivity contribution in [3.05, 3.63) is 22.4 Å². The van der Waals surface area contributed by atoms with Gasteiger partial charge in [0.15, 0.2) is 0 Å². The number of rotatable bonds is 0. The minimum atomic E-state index is 0.471. The van der Waals surface area contributed by atoms with Crippen LogP contribution in [-0.2, 0) is 0 Å². The van der Waals surface area contributed by atoms with E-state index < -0.39 is 0 Å². The second kappa shape index (κ2) is 3.30. The average molecular weight is 217 g/mol. The Labute approximate surface area is 96.1 Å². The predicted octanol–water partition coefficient (Wildman–Crippen LogP) is 2.67. The number of hydrogen-bond acceptors (Lipinski definition) is 2. The Morgan fingerprint density at radius 3 is 2.88 bits per heavy atom. The Morgan fingerprint density at radius 2 is 2.06 bits per heavy atom. The van der Waals surface area contributed by atoms with Gasteiger partial charge < -0.3 is 16.0 Å². The summed E-state index contributed by atoms with van der Waals surface area (Å²) in [4.78, 5) is 3.40. The highest BCUT2D eigenvalue weighted by molar-refractivity contribution is 5.82. The van der Waals surface area contributed by atoms with Gasteiger partial charge in [0.1, 0.15) is 5.82 Å². The van der Waals surface area contributed by atoms with Crippen LogP contribution in [0.15, 0.2) is 5.57 Å². The van der Waals surface area contributed by atoms with Gasteiger partial charge >= 0.3 is 0 Å². The summed E-state index contributed by atoms with van der Waals surface area (Å²) in [5, 5.41) is 3.60. The van der Waals surface area contributed by atoms with Crippen molar-refractivity contribution in [2.45, 2.75) is 45.6 Å². The molecule has 1 fully saturated rings. The lowest BCUT2D eigenvalue weighted by Gasteiger charge is -2.32. The van der Waals surface area contributed by atoms with Gasteiger partial charge in [0.05, 0.1) is 6.04 Å². The average Bonchev–Trinajstić information content (AvgIpc) is 2.55. The summed E-state index contributed by atoms with van der Waals surface area (Å²) in [6, 6.07) is 0.471. The van der Waals surface area contributed by atoms with Crippen molar-refractivity contribution < 1.29 is 0 Å². The number of hydrogen-bond donors (Lipinski definition) is 3. The van der Waals surface area contributed by atoms with Crippen LogP contribution >= 0.6 is 0 Å². The van der Waals surface area contributed by atoms with Gasteiger partial charge in [-0.2, -0.15) is 0 Å². The summed E-state index contributed by atoms with van der Waals surface area (Å²) in [5.74, 6) is 1.13. The van der Waals surface area contributed by atoms with Crippen LogP contribution in [0.1, 0.15) is 42.5 Å². The van der Waals surface area contributed by atoms with Crippen molar-refractivity contribution in [1.29, 1.82) is 0 Å². The first kappa shape index (κ1) is 9.82. The first-order chi connectivity index (χ1) is 7.68. The van der Waals surface area contributed by atoms with E-state index in [0.717, 1.165) is 17.9 Å². The molecule has 4 N–H and O–H groups in total. The molecule has 0 bridgehead atoms. The van der Waals surface area contributed by atoms with E-state index in [1.54, 1.807) is 0 Å². The molecule has 0 aromatic carbocycles. The van der Waals surface area contributed by atoms with Crippen LogP contribution in [0.25, 0.3) is 5.70 Å². The quantitative estimate of drug-likeness (QED) is 0.625. The molecule has 1 atom stereocenters. The van der Waals surface area contributed by atoms with Crippen molar-refractivity contribution in [3.8, 4) is 0 Å². The molecule has 86 valence electrons. The van der Waals surface area contributed by atoms with E-state index in [4.69, 9.17) is 5.73 Å². The molecule has 16 heavy (non-hydrogen) atoms. The Balaban J connectivity index is 2.16. The molecule has 1 aliphatic carbocycles. The maximum Gasteiger partial charge on any atom is 0.113 e. The van der Waals surface area contributed by atoms with Crippen LogP contribution in [0, 0.1) is 13.8 Å². The van der Waals surface area contributed by atoms with Crippen LogP contribution in [-0.4, -0.2) is 11.0 Å². The molecule has 1 aliphatic heterocycles. The van der Waals surface area contributed by atoms with E-state index in [1.165, 1.54) is 41.7 Å². The third kappa shape index (κ3) is 1.20. The molecule has 0 amide bonds. The van der Waals surface area contributed by atoms with E-state index in [0.29, 0.717) is 6.04 Å². The maximum absolute atomic E-state index is 6.33. The van der Waals surface area contributed by atoms with Gasteiger partial charge in [-0.25, -0.2) is 0 Å². The van der Waals surface area contributed by atoms with Crippen molar-refractivity contribution >= 4 is 11.5 Å². The number of nitrogens with one attached hydrogen (secondary N) is 2. The van der Waals surface area contributed by atoms with Crippen molar-refractivity contribution in [2.24, 2.45) is 5.73 Å². The van der Waals surface area contributed by atoms with Gasteiger partial charge in [0.2, 0.25) is 0 Å². The topological polar surface area (TPSA) is 53.8 Å². The molecule has 1 unspecified atom stereocenters. The Morgan fingerprint density at radius 1 is 1.25 bits per heavy atom. The summed E-state index contributed by atoms with van der Waals surface area (Å²) in [6.07, 6.45) is 4.97. The number of aryl methyl sites for hydroxylation is 1. The van der Waals surface area contributed by atoms with Gasteiger partial charge in [0, 0.05) is 17.0 Å². The maximum atomic E-state index is 6.33. The monoisotopic (exact) mass is 217 g/mol.